The second-order valence-corrected chi connectivity index (χ2v) is 3.74. The van der Waals surface area contributed by atoms with Crippen LogP contribution in [0.2, 0.25) is 0 Å². The molecule has 0 amide bonds. The van der Waals surface area contributed by atoms with Gasteiger partial charge in [0.1, 0.15) is 5.82 Å². The third-order valence-electron chi connectivity index (χ3n) is 2.22. The standard InChI is InChI=1S/C12H16FNO2/c1-3-4-8(2)16-12(15)10-6-5-9(14)7-11(10)13/h5-8H,3-4,14H2,1-2H3. The van der Waals surface area contributed by atoms with E-state index in [1.54, 1.807) is 6.92 Å². The van der Waals surface area contributed by atoms with Crippen LogP contribution in [0, 0.1) is 5.82 Å². The first kappa shape index (κ1) is 12.5. The van der Waals surface area contributed by atoms with E-state index in [1.807, 2.05) is 6.92 Å². The maximum atomic E-state index is 13.4. The predicted molar refractivity (Wildman–Crippen MR) is 60.6 cm³/mol. The Hall–Kier alpha value is -1.58. The maximum absolute atomic E-state index is 13.4. The number of carbonyl (C=O) groups excluding carboxylic acids is 1. The van der Waals surface area contributed by atoms with E-state index < -0.39 is 11.8 Å². The molecule has 1 atom stereocenters. The lowest BCUT2D eigenvalue weighted by Crippen LogP contribution is -2.16. The normalized spacial score (nSPS) is 12.2. The van der Waals surface area contributed by atoms with E-state index in [9.17, 15) is 9.18 Å². The molecule has 0 spiro atoms. The number of hydrogen-bond acceptors (Lipinski definition) is 3. The zero-order valence-corrected chi connectivity index (χ0v) is 9.50. The van der Waals surface area contributed by atoms with E-state index in [1.165, 1.54) is 12.1 Å². The lowest BCUT2D eigenvalue weighted by molar-refractivity contribution is 0.0318. The van der Waals surface area contributed by atoms with Gasteiger partial charge in [-0.15, -0.1) is 0 Å². The first-order valence-electron chi connectivity index (χ1n) is 5.30. The summed E-state index contributed by atoms with van der Waals surface area (Å²) in [5, 5.41) is 0. The number of halogens is 1. The van der Waals surface area contributed by atoms with Crippen molar-refractivity contribution >= 4 is 11.7 Å². The highest BCUT2D eigenvalue weighted by Crippen LogP contribution is 2.14. The number of carbonyl (C=O) groups is 1. The van der Waals surface area contributed by atoms with Crippen LogP contribution < -0.4 is 5.73 Å². The van der Waals surface area contributed by atoms with Crippen molar-refractivity contribution in [2.75, 3.05) is 5.73 Å². The number of rotatable bonds is 4. The van der Waals surface area contributed by atoms with E-state index in [2.05, 4.69) is 0 Å². The quantitative estimate of drug-likeness (QED) is 0.633. The van der Waals surface area contributed by atoms with Gasteiger partial charge in [0.25, 0.3) is 0 Å². The minimum atomic E-state index is -0.645. The molecule has 1 unspecified atom stereocenters. The van der Waals surface area contributed by atoms with E-state index in [-0.39, 0.29) is 17.4 Å². The molecule has 16 heavy (non-hydrogen) atoms. The molecule has 0 radical (unpaired) electrons. The van der Waals surface area contributed by atoms with Crippen molar-refractivity contribution in [2.45, 2.75) is 32.8 Å². The summed E-state index contributed by atoms with van der Waals surface area (Å²) >= 11 is 0. The van der Waals surface area contributed by atoms with E-state index in [0.29, 0.717) is 0 Å². The van der Waals surface area contributed by atoms with Crippen LogP contribution in [0.3, 0.4) is 0 Å². The Bertz CT molecular complexity index is 379. The summed E-state index contributed by atoms with van der Waals surface area (Å²) in [5.41, 5.74) is 5.60. The van der Waals surface area contributed by atoms with E-state index in [4.69, 9.17) is 10.5 Å². The van der Waals surface area contributed by atoms with Crippen molar-refractivity contribution in [3.63, 3.8) is 0 Å². The second kappa shape index (κ2) is 5.49. The smallest absolute Gasteiger partial charge is 0.341 e. The molecule has 0 bridgehead atoms. The summed E-state index contributed by atoms with van der Waals surface area (Å²) in [6, 6.07) is 3.93. The van der Waals surface area contributed by atoms with Crippen molar-refractivity contribution in [3.05, 3.63) is 29.6 Å². The Labute approximate surface area is 94.4 Å². The molecule has 1 rings (SSSR count). The van der Waals surface area contributed by atoms with Gasteiger partial charge in [0.2, 0.25) is 0 Å². The van der Waals surface area contributed by atoms with Gasteiger partial charge in [-0.25, -0.2) is 9.18 Å². The van der Waals surface area contributed by atoms with Crippen molar-refractivity contribution in [1.29, 1.82) is 0 Å². The second-order valence-electron chi connectivity index (χ2n) is 3.74. The SMILES string of the molecule is CCCC(C)OC(=O)c1ccc(N)cc1F. The minimum absolute atomic E-state index is 0.0721. The average molecular weight is 225 g/mol. The molecule has 0 aliphatic carbocycles. The van der Waals surface area contributed by atoms with Gasteiger partial charge >= 0.3 is 5.97 Å². The van der Waals surface area contributed by atoms with Gasteiger partial charge in [-0.3, -0.25) is 0 Å². The molecule has 88 valence electrons. The number of esters is 1. The molecule has 0 saturated carbocycles. The summed E-state index contributed by atoms with van der Waals surface area (Å²) in [4.78, 5) is 11.6. The van der Waals surface area contributed by atoms with Crippen LogP contribution in [0.4, 0.5) is 10.1 Å². The minimum Gasteiger partial charge on any atom is -0.459 e. The Morgan fingerprint density at radius 1 is 1.56 bits per heavy atom. The third-order valence-corrected chi connectivity index (χ3v) is 2.22. The first-order chi connectivity index (χ1) is 7.54. The number of benzene rings is 1. The van der Waals surface area contributed by atoms with Crippen LogP contribution in [-0.2, 0) is 4.74 Å². The molecule has 0 heterocycles. The fourth-order valence-electron chi connectivity index (χ4n) is 1.41. The topological polar surface area (TPSA) is 52.3 Å². The molecule has 0 saturated heterocycles. The third kappa shape index (κ3) is 3.22. The van der Waals surface area contributed by atoms with Crippen LogP contribution in [0.5, 0.6) is 0 Å². The number of nitrogens with two attached hydrogens (primary N) is 1. The Balaban J connectivity index is 2.73. The Kier molecular flexibility index (Phi) is 4.28. The molecule has 1 aromatic carbocycles. The average Bonchev–Trinajstić information content (AvgIpc) is 2.17. The van der Waals surface area contributed by atoms with E-state index >= 15 is 0 Å². The van der Waals surface area contributed by atoms with Crippen LogP contribution in [0.1, 0.15) is 37.0 Å². The van der Waals surface area contributed by atoms with Gasteiger partial charge in [-0.05, 0) is 31.5 Å². The fraction of sp³-hybridized carbons (Fsp3) is 0.417. The summed E-state index contributed by atoms with van der Waals surface area (Å²) in [6.45, 7) is 3.78. The number of hydrogen-bond donors (Lipinski definition) is 1. The summed E-state index contributed by atoms with van der Waals surface area (Å²) in [7, 11) is 0. The van der Waals surface area contributed by atoms with Crippen LogP contribution in [-0.4, -0.2) is 12.1 Å². The molecule has 2 N–H and O–H groups in total. The van der Waals surface area contributed by atoms with Gasteiger partial charge in [-0.1, -0.05) is 13.3 Å². The Morgan fingerprint density at radius 2 is 2.25 bits per heavy atom. The first-order valence-corrected chi connectivity index (χ1v) is 5.30. The molecule has 1 aromatic rings. The summed E-state index contributed by atoms with van der Waals surface area (Å²) in [5.74, 6) is -1.29. The van der Waals surface area contributed by atoms with Gasteiger partial charge in [0.15, 0.2) is 0 Å². The maximum Gasteiger partial charge on any atom is 0.341 e. The zero-order valence-electron chi connectivity index (χ0n) is 9.50. The molecule has 3 nitrogen and oxygen atoms in total. The number of anilines is 1. The summed E-state index contributed by atoms with van der Waals surface area (Å²) in [6.07, 6.45) is 1.48. The largest absolute Gasteiger partial charge is 0.459 e. The van der Waals surface area contributed by atoms with Crippen molar-refractivity contribution in [1.82, 2.24) is 0 Å². The highest BCUT2D eigenvalue weighted by atomic mass is 19.1. The van der Waals surface area contributed by atoms with Crippen molar-refractivity contribution in [2.24, 2.45) is 0 Å². The lowest BCUT2D eigenvalue weighted by Gasteiger charge is -2.12. The molecule has 4 heteroatoms. The monoisotopic (exact) mass is 225 g/mol. The van der Waals surface area contributed by atoms with E-state index in [0.717, 1.165) is 18.9 Å². The molecule has 0 aliphatic rings. The fourth-order valence-corrected chi connectivity index (χ4v) is 1.41. The highest BCUT2D eigenvalue weighted by Gasteiger charge is 2.15. The summed E-state index contributed by atoms with van der Waals surface area (Å²) < 4.78 is 18.4. The highest BCUT2D eigenvalue weighted by molar-refractivity contribution is 5.90. The van der Waals surface area contributed by atoms with Crippen LogP contribution in [0.25, 0.3) is 0 Å². The van der Waals surface area contributed by atoms with Crippen molar-refractivity contribution in [3.8, 4) is 0 Å². The lowest BCUT2D eigenvalue weighted by atomic mass is 10.2. The van der Waals surface area contributed by atoms with Gasteiger partial charge < -0.3 is 10.5 Å². The molecule has 0 aromatic heterocycles. The van der Waals surface area contributed by atoms with Crippen LogP contribution in [0.15, 0.2) is 18.2 Å². The van der Waals surface area contributed by atoms with Gasteiger partial charge in [0.05, 0.1) is 11.7 Å². The van der Waals surface area contributed by atoms with Gasteiger partial charge in [0, 0.05) is 5.69 Å². The number of ether oxygens (including phenoxy) is 1. The molecule has 0 fully saturated rings. The Morgan fingerprint density at radius 3 is 2.81 bits per heavy atom. The number of nitrogen functional groups attached to an aromatic ring is 1. The van der Waals surface area contributed by atoms with Crippen LogP contribution >= 0.6 is 0 Å². The molecule has 0 aliphatic heterocycles. The predicted octanol–water partition coefficient (Wildman–Crippen LogP) is 2.75. The van der Waals surface area contributed by atoms with Gasteiger partial charge in [-0.2, -0.15) is 0 Å². The zero-order chi connectivity index (χ0) is 12.1. The van der Waals surface area contributed by atoms with Crippen molar-refractivity contribution < 1.29 is 13.9 Å². The molecular weight excluding hydrogens is 209 g/mol. The molecular formula is C12H16FNO2.